The Kier molecular flexibility index (Phi) is 5.99. The van der Waals surface area contributed by atoms with E-state index in [2.05, 4.69) is 45.9 Å². The number of rotatable bonds is 4. The number of aliphatic imine (C=N–C) groups is 2. The van der Waals surface area contributed by atoms with E-state index < -0.39 is 0 Å². The molecular formula is C23H24Cl2N4S2. The molecule has 2 aromatic heterocycles. The van der Waals surface area contributed by atoms with Gasteiger partial charge in [0.15, 0.2) is 5.29 Å². The summed E-state index contributed by atoms with van der Waals surface area (Å²) >= 11 is 16.2. The molecule has 0 aromatic carbocycles. The predicted octanol–water partition coefficient (Wildman–Crippen LogP) is 6.42. The molecule has 0 fully saturated rings. The van der Waals surface area contributed by atoms with Crippen LogP contribution in [0.3, 0.4) is 0 Å². The van der Waals surface area contributed by atoms with Gasteiger partial charge in [0.1, 0.15) is 11.9 Å². The summed E-state index contributed by atoms with van der Waals surface area (Å²) in [6, 6.07) is 0.0289. The lowest BCUT2D eigenvalue weighted by molar-refractivity contribution is 0.671. The van der Waals surface area contributed by atoms with Crippen LogP contribution in [0.1, 0.15) is 61.8 Å². The van der Waals surface area contributed by atoms with Crippen LogP contribution in [-0.4, -0.2) is 11.1 Å². The van der Waals surface area contributed by atoms with Gasteiger partial charge in [-0.3, -0.25) is 0 Å². The average molecular weight is 492 g/mol. The lowest BCUT2D eigenvalue weighted by Crippen LogP contribution is -2.32. The molecule has 1 aliphatic carbocycles. The maximum Gasteiger partial charge on any atom is 0.196 e. The Morgan fingerprint density at radius 3 is 2.71 bits per heavy atom. The smallest absolute Gasteiger partial charge is 0.196 e. The number of nitrogens with zero attached hydrogens (tertiary/aromatic N) is 2. The zero-order chi connectivity index (χ0) is 21.5. The summed E-state index contributed by atoms with van der Waals surface area (Å²) in [5.74, 6) is 0.988. The van der Waals surface area contributed by atoms with Crippen molar-refractivity contribution in [2.45, 2.75) is 58.0 Å². The third-order valence-electron chi connectivity index (χ3n) is 6.15. The van der Waals surface area contributed by atoms with E-state index >= 15 is 0 Å². The van der Waals surface area contributed by atoms with Crippen molar-refractivity contribution >= 4 is 57.0 Å². The highest BCUT2D eigenvalue weighted by Crippen LogP contribution is 2.39. The number of aryl methyl sites for hydroxylation is 2. The van der Waals surface area contributed by atoms with Gasteiger partial charge in [-0.05, 0) is 84.8 Å². The van der Waals surface area contributed by atoms with Gasteiger partial charge in [-0.15, -0.1) is 22.7 Å². The van der Waals surface area contributed by atoms with Crippen LogP contribution in [-0.2, 0) is 19.3 Å². The van der Waals surface area contributed by atoms with Crippen molar-refractivity contribution in [1.82, 2.24) is 10.6 Å². The zero-order valence-corrected chi connectivity index (χ0v) is 20.6. The largest absolute Gasteiger partial charge is 0.362 e. The molecule has 31 heavy (non-hydrogen) atoms. The minimum Gasteiger partial charge on any atom is -0.362 e. The first kappa shape index (κ1) is 21.3. The van der Waals surface area contributed by atoms with Crippen molar-refractivity contribution in [2.24, 2.45) is 9.98 Å². The molecule has 0 amide bonds. The summed E-state index contributed by atoms with van der Waals surface area (Å²) in [6.07, 6.45) is 11.5. The third-order valence-corrected chi connectivity index (χ3v) is 9.15. The molecule has 0 radical (unpaired) electrons. The van der Waals surface area contributed by atoms with Crippen LogP contribution in [0.4, 0.5) is 0 Å². The van der Waals surface area contributed by atoms with Crippen molar-refractivity contribution in [3.05, 3.63) is 65.8 Å². The summed E-state index contributed by atoms with van der Waals surface area (Å²) in [4.78, 5) is 12.8. The van der Waals surface area contributed by atoms with E-state index in [-0.39, 0.29) is 12.1 Å². The van der Waals surface area contributed by atoms with Gasteiger partial charge in [-0.1, -0.05) is 11.6 Å². The van der Waals surface area contributed by atoms with E-state index in [0.717, 1.165) is 17.1 Å². The fraction of sp³-hybridized carbons (Fsp3) is 0.391. The van der Waals surface area contributed by atoms with Gasteiger partial charge >= 0.3 is 0 Å². The first-order valence-electron chi connectivity index (χ1n) is 10.5. The average Bonchev–Trinajstić information content (AvgIpc) is 3.30. The zero-order valence-electron chi connectivity index (χ0n) is 17.5. The first-order chi connectivity index (χ1) is 15.0. The minimum absolute atomic E-state index is 0.164. The molecule has 3 aliphatic rings. The van der Waals surface area contributed by atoms with Gasteiger partial charge in [0, 0.05) is 33.5 Å². The molecule has 2 aromatic rings. The molecule has 4 nitrogen and oxygen atoms in total. The lowest BCUT2D eigenvalue weighted by Gasteiger charge is -2.24. The van der Waals surface area contributed by atoms with E-state index in [9.17, 15) is 0 Å². The van der Waals surface area contributed by atoms with E-state index in [0.29, 0.717) is 10.3 Å². The SMILES string of the molecule is Cc1csc(C2NC(Cl)=NC=C2Cl)c1CC1=NC=CC(c2sc(C)c3c2CCCC3)N1. The third kappa shape index (κ3) is 4.11. The highest BCUT2D eigenvalue weighted by atomic mass is 35.5. The molecule has 0 saturated heterocycles. The normalized spacial score (nSPS) is 22.8. The van der Waals surface area contributed by atoms with Crippen molar-refractivity contribution in [3.63, 3.8) is 0 Å². The Balaban J connectivity index is 1.39. The van der Waals surface area contributed by atoms with Crippen molar-refractivity contribution in [3.8, 4) is 0 Å². The Bertz CT molecular complexity index is 1140. The number of thiophene rings is 2. The van der Waals surface area contributed by atoms with Gasteiger partial charge < -0.3 is 10.6 Å². The highest BCUT2D eigenvalue weighted by Gasteiger charge is 2.28. The van der Waals surface area contributed by atoms with Crippen LogP contribution >= 0.6 is 45.9 Å². The van der Waals surface area contributed by atoms with E-state index in [1.807, 2.05) is 17.5 Å². The Morgan fingerprint density at radius 1 is 1.06 bits per heavy atom. The maximum absolute atomic E-state index is 6.46. The lowest BCUT2D eigenvalue weighted by atomic mass is 9.90. The Labute approximate surface area is 200 Å². The van der Waals surface area contributed by atoms with Crippen LogP contribution in [0.5, 0.6) is 0 Å². The van der Waals surface area contributed by atoms with Crippen LogP contribution in [0.15, 0.2) is 38.9 Å². The molecule has 2 aliphatic heterocycles. The topological polar surface area (TPSA) is 48.8 Å². The highest BCUT2D eigenvalue weighted by molar-refractivity contribution is 7.12. The second-order valence-corrected chi connectivity index (χ2v) is 11.1. The van der Waals surface area contributed by atoms with Crippen LogP contribution in [0, 0.1) is 13.8 Å². The molecule has 2 atom stereocenters. The van der Waals surface area contributed by atoms with Gasteiger partial charge in [0.2, 0.25) is 0 Å². The molecule has 0 bridgehead atoms. The van der Waals surface area contributed by atoms with Crippen molar-refractivity contribution in [2.75, 3.05) is 0 Å². The van der Waals surface area contributed by atoms with Crippen LogP contribution < -0.4 is 10.6 Å². The van der Waals surface area contributed by atoms with E-state index in [1.165, 1.54) is 46.6 Å². The minimum atomic E-state index is -0.164. The van der Waals surface area contributed by atoms with Crippen molar-refractivity contribution in [1.29, 1.82) is 0 Å². The molecule has 2 unspecified atom stereocenters. The van der Waals surface area contributed by atoms with E-state index in [1.54, 1.807) is 28.7 Å². The number of hydrogen-bond donors (Lipinski definition) is 2. The fourth-order valence-corrected chi connectivity index (χ4v) is 7.44. The van der Waals surface area contributed by atoms with Gasteiger partial charge in [-0.25, -0.2) is 9.98 Å². The molecular weight excluding hydrogens is 467 g/mol. The molecule has 162 valence electrons. The summed E-state index contributed by atoms with van der Waals surface area (Å²) in [6.45, 7) is 4.41. The summed E-state index contributed by atoms with van der Waals surface area (Å²) < 4.78 is 0. The second kappa shape index (κ2) is 8.74. The Morgan fingerprint density at radius 2 is 1.87 bits per heavy atom. The fourth-order valence-electron chi connectivity index (χ4n) is 4.57. The van der Waals surface area contributed by atoms with Gasteiger partial charge in [0.25, 0.3) is 0 Å². The number of amidine groups is 2. The molecule has 0 spiro atoms. The molecule has 2 N–H and O–H groups in total. The van der Waals surface area contributed by atoms with Crippen molar-refractivity contribution < 1.29 is 0 Å². The van der Waals surface area contributed by atoms with Gasteiger partial charge in [0.05, 0.1) is 11.1 Å². The standard InChI is InChI=1S/C23H24Cl2N4S2/c1-12-11-30-22(20-17(24)10-27-23(25)29-20)16(12)9-19-26-8-7-18(28-19)21-15-6-4-3-5-14(15)13(2)31-21/h7-8,10-11,18,20H,3-6,9H2,1-2H3,(H,26,28)(H,27,29). The van der Waals surface area contributed by atoms with Crippen LogP contribution in [0.2, 0.25) is 0 Å². The quantitative estimate of drug-likeness (QED) is 0.485. The van der Waals surface area contributed by atoms with E-state index in [4.69, 9.17) is 23.2 Å². The number of fused-ring (bicyclic) bond motifs is 1. The summed E-state index contributed by atoms with van der Waals surface area (Å²) in [7, 11) is 0. The first-order valence-corrected chi connectivity index (χ1v) is 13.0. The molecule has 4 heterocycles. The number of halogens is 2. The summed E-state index contributed by atoms with van der Waals surface area (Å²) in [5, 5.41) is 10.1. The number of nitrogens with one attached hydrogen (secondary N) is 2. The van der Waals surface area contributed by atoms with Gasteiger partial charge in [-0.2, -0.15) is 0 Å². The molecule has 0 saturated carbocycles. The summed E-state index contributed by atoms with van der Waals surface area (Å²) in [5.41, 5.74) is 5.64. The predicted molar refractivity (Wildman–Crippen MR) is 134 cm³/mol. The Hall–Kier alpha value is -1.60. The van der Waals surface area contributed by atoms with Crippen LogP contribution in [0.25, 0.3) is 0 Å². The molecule has 5 rings (SSSR count). The monoisotopic (exact) mass is 490 g/mol. The molecule has 8 heteroatoms. The second-order valence-electron chi connectivity index (χ2n) is 8.18. The maximum atomic E-state index is 6.46. The number of hydrogen-bond acceptors (Lipinski definition) is 6.